The van der Waals surface area contributed by atoms with Crippen LogP contribution < -0.4 is 4.90 Å². The van der Waals surface area contributed by atoms with Crippen LogP contribution in [0.2, 0.25) is 0 Å². The first-order valence-electron chi connectivity index (χ1n) is 21.8. The van der Waals surface area contributed by atoms with Crippen molar-refractivity contribution in [3.8, 4) is 33.4 Å². The lowest BCUT2D eigenvalue weighted by Gasteiger charge is -2.28. The van der Waals surface area contributed by atoms with Gasteiger partial charge in [-0.2, -0.15) is 0 Å². The molecule has 1 nitrogen and oxygen atoms in total. The molecule has 1 aliphatic rings. The molecule has 0 amide bonds. The molecule has 9 rings (SSSR count). The lowest BCUT2D eigenvalue weighted by molar-refractivity contribution is 0.590. The number of thiophene rings is 1. The van der Waals surface area contributed by atoms with Gasteiger partial charge in [0.15, 0.2) is 0 Å². The first kappa shape index (κ1) is 41.8. The summed E-state index contributed by atoms with van der Waals surface area (Å²) in [5.74, 6) is 0. The Labute approximate surface area is 369 Å². The highest BCUT2D eigenvalue weighted by Gasteiger charge is 2.20. The Hall–Kier alpha value is -5.96. The van der Waals surface area contributed by atoms with Crippen LogP contribution in [0.3, 0.4) is 0 Å². The van der Waals surface area contributed by atoms with Crippen LogP contribution in [-0.4, -0.2) is 0 Å². The Morgan fingerprint density at radius 1 is 0.475 bits per heavy atom. The Bertz CT molecular complexity index is 2760. The van der Waals surface area contributed by atoms with Gasteiger partial charge in [-0.05, 0) is 154 Å². The van der Waals surface area contributed by atoms with Gasteiger partial charge in [0.25, 0.3) is 0 Å². The molecule has 0 unspecified atom stereocenters. The lowest BCUT2D eigenvalue weighted by Crippen LogP contribution is -2.14. The monoisotopic (exact) mass is 813 g/mol. The van der Waals surface area contributed by atoms with Gasteiger partial charge >= 0.3 is 0 Å². The molecule has 0 saturated carbocycles. The minimum absolute atomic E-state index is 0.0960. The third-order valence-corrected chi connectivity index (χ3v) is 13.3. The molecular formula is C59H59NS. The van der Waals surface area contributed by atoms with Gasteiger partial charge < -0.3 is 4.90 Å². The molecule has 0 atom stereocenters. The van der Waals surface area contributed by atoms with Crippen molar-refractivity contribution in [1.29, 1.82) is 0 Å². The molecule has 2 heteroatoms. The summed E-state index contributed by atoms with van der Waals surface area (Å²) in [6.45, 7) is 20.2. The number of allylic oxidation sites excluding steroid dienone is 1. The van der Waals surface area contributed by atoms with Crippen LogP contribution in [0.15, 0.2) is 164 Å². The van der Waals surface area contributed by atoms with Gasteiger partial charge in [0.2, 0.25) is 0 Å². The van der Waals surface area contributed by atoms with Crippen molar-refractivity contribution in [2.75, 3.05) is 4.90 Å². The van der Waals surface area contributed by atoms with E-state index in [2.05, 4.69) is 219 Å². The minimum atomic E-state index is 0.0960. The predicted octanol–water partition coefficient (Wildman–Crippen LogP) is 17.5. The van der Waals surface area contributed by atoms with E-state index in [4.69, 9.17) is 0 Å². The number of hydrogen-bond acceptors (Lipinski definition) is 2. The highest BCUT2D eigenvalue weighted by Crippen LogP contribution is 2.41. The average Bonchev–Trinajstić information content (AvgIpc) is 3.62. The molecule has 0 saturated heterocycles. The van der Waals surface area contributed by atoms with Crippen LogP contribution in [0.4, 0.5) is 17.1 Å². The molecule has 0 N–H and O–H groups in total. The summed E-state index contributed by atoms with van der Waals surface area (Å²) in [5, 5.41) is 1.39. The second-order valence-corrected chi connectivity index (χ2v) is 19.9. The normalized spacial score (nSPS) is 12.5. The van der Waals surface area contributed by atoms with E-state index in [0.717, 1.165) is 29.9 Å². The van der Waals surface area contributed by atoms with E-state index in [1.165, 1.54) is 81.7 Å². The van der Waals surface area contributed by atoms with Gasteiger partial charge in [-0.3, -0.25) is 0 Å². The van der Waals surface area contributed by atoms with Crippen molar-refractivity contribution >= 4 is 44.6 Å². The van der Waals surface area contributed by atoms with E-state index in [1.807, 2.05) is 29.5 Å². The van der Waals surface area contributed by atoms with Crippen LogP contribution in [-0.2, 0) is 17.3 Å². The van der Waals surface area contributed by atoms with E-state index in [1.54, 1.807) is 0 Å². The standard InChI is InChI=1S/C52H51NS.C7H8/c1-34-30-37(16-27-45(34)46-28-17-38(31-35(46)2)39-18-29-50-48(33-39)47-14-9-10-15-49(47)54-50)36-12-11-13-44(32-36)53(42-23-19-40(20-24-42)51(3,4)5)43-25-21-41(22-26-43)52(6,7)8;1-7-5-3-2-4-6-7/h9,11-14,16-33H,10,15H2,1-8H3;2-6H,1H3. The zero-order valence-electron chi connectivity index (χ0n) is 37.4. The summed E-state index contributed by atoms with van der Waals surface area (Å²) < 4.78 is 1.39. The minimum Gasteiger partial charge on any atom is -0.310 e. The van der Waals surface area contributed by atoms with Crippen LogP contribution in [0, 0.1) is 20.8 Å². The highest BCUT2D eigenvalue weighted by molar-refractivity contribution is 7.19. The molecule has 0 fully saturated rings. The summed E-state index contributed by atoms with van der Waals surface area (Å²) >= 11 is 1.96. The first-order valence-corrected chi connectivity index (χ1v) is 22.6. The maximum atomic E-state index is 2.39. The summed E-state index contributed by atoms with van der Waals surface area (Å²) in [4.78, 5) is 3.91. The van der Waals surface area contributed by atoms with Gasteiger partial charge in [-0.1, -0.05) is 168 Å². The number of nitrogens with zero attached hydrogens (tertiary/aromatic N) is 1. The van der Waals surface area contributed by atoms with Crippen LogP contribution >= 0.6 is 11.3 Å². The second-order valence-electron chi connectivity index (χ2n) is 18.8. The molecule has 1 aromatic heterocycles. The fourth-order valence-electron chi connectivity index (χ4n) is 8.45. The van der Waals surface area contributed by atoms with Crippen molar-refractivity contribution in [3.05, 3.63) is 202 Å². The van der Waals surface area contributed by atoms with Gasteiger partial charge in [0, 0.05) is 32.0 Å². The lowest BCUT2D eigenvalue weighted by atomic mass is 9.86. The summed E-state index contributed by atoms with van der Waals surface area (Å²) in [7, 11) is 0. The molecule has 1 aliphatic carbocycles. The van der Waals surface area contributed by atoms with Gasteiger partial charge in [-0.15, -0.1) is 11.3 Å². The van der Waals surface area contributed by atoms with E-state index >= 15 is 0 Å². The average molecular weight is 814 g/mol. The molecule has 1 heterocycles. The van der Waals surface area contributed by atoms with Crippen LogP contribution in [0.1, 0.15) is 86.2 Å². The Morgan fingerprint density at radius 3 is 1.51 bits per heavy atom. The zero-order valence-corrected chi connectivity index (χ0v) is 38.3. The van der Waals surface area contributed by atoms with E-state index in [9.17, 15) is 0 Å². The fraction of sp³-hybridized carbons (Fsp3) is 0.220. The number of hydrogen-bond donors (Lipinski definition) is 0. The van der Waals surface area contributed by atoms with Crippen LogP contribution in [0.5, 0.6) is 0 Å². The molecule has 306 valence electrons. The molecule has 0 aliphatic heterocycles. The highest BCUT2D eigenvalue weighted by atomic mass is 32.1. The van der Waals surface area contributed by atoms with E-state index in [-0.39, 0.29) is 10.8 Å². The van der Waals surface area contributed by atoms with Crippen molar-refractivity contribution in [2.45, 2.75) is 86.0 Å². The van der Waals surface area contributed by atoms with Crippen molar-refractivity contribution < 1.29 is 0 Å². The quantitative estimate of drug-likeness (QED) is 0.162. The third-order valence-electron chi connectivity index (χ3n) is 12.1. The molecule has 0 radical (unpaired) electrons. The van der Waals surface area contributed by atoms with Crippen LogP contribution in [0.25, 0.3) is 49.5 Å². The summed E-state index contributed by atoms with van der Waals surface area (Å²) in [6.07, 6.45) is 6.96. The molecule has 0 spiro atoms. The maximum Gasteiger partial charge on any atom is 0.0467 e. The number of benzene rings is 7. The Morgan fingerprint density at radius 2 is 1.00 bits per heavy atom. The van der Waals surface area contributed by atoms with Crippen molar-refractivity contribution in [2.24, 2.45) is 0 Å². The zero-order chi connectivity index (χ0) is 42.9. The van der Waals surface area contributed by atoms with Crippen molar-refractivity contribution in [1.82, 2.24) is 0 Å². The number of anilines is 3. The van der Waals surface area contributed by atoms with Gasteiger partial charge in [0.1, 0.15) is 0 Å². The molecule has 8 aromatic rings. The fourth-order valence-corrected chi connectivity index (χ4v) is 9.64. The number of aryl methyl sites for hydroxylation is 4. The van der Waals surface area contributed by atoms with Crippen molar-refractivity contribution in [3.63, 3.8) is 0 Å². The third kappa shape index (κ3) is 9.21. The largest absolute Gasteiger partial charge is 0.310 e. The summed E-state index contributed by atoms with van der Waals surface area (Å²) in [5.41, 5.74) is 19.2. The Balaban J connectivity index is 0.000000668. The van der Waals surface area contributed by atoms with Gasteiger partial charge in [-0.25, -0.2) is 0 Å². The first-order chi connectivity index (χ1) is 29.2. The molecular weight excluding hydrogens is 755 g/mol. The number of fused-ring (bicyclic) bond motifs is 3. The SMILES string of the molecule is Cc1cc(-c2cccc(N(c3ccc(C(C)(C)C)cc3)c3ccc(C(C)(C)C)cc3)c2)ccc1-c1ccc(-c2ccc3sc4c(c3c2)C=CCC4)cc1C.Cc1ccccc1. The smallest absolute Gasteiger partial charge is 0.0467 e. The molecule has 7 aromatic carbocycles. The Kier molecular flexibility index (Phi) is 11.8. The summed E-state index contributed by atoms with van der Waals surface area (Å²) in [6, 6.07) is 58.3. The second kappa shape index (κ2) is 17.2. The molecule has 0 bridgehead atoms. The number of rotatable bonds is 6. The maximum absolute atomic E-state index is 2.39. The van der Waals surface area contributed by atoms with E-state index in [0.29, 0.717) is 0 Å². The van der Waals surface area contributed by atoms with Gasteiger partial charge in [0.05, 0.1) is 0 Å². The predicted molar refractivity (Wildman–Crippen MR) is 268 cm³/mol. The molecule has 61 heavy (non-hydrogen) atoms. The topological polar surface area (TPSA) is 3.24 Å². The van der Waals surface area contributed by atoms with E-state index < -0.39 is 0 Å².